The molecule has 0 bridgehead atoms. The minimum atomic E-state index is -0.473. The van der Waals surface area contributed by atoms with E-state index in [0.717, 1.165) is 5.69 Å². The van der Waals surface area contributed by atoms with Crippen molar-refractivity contribution in [3.8, 4) is 17.2 Å². The number of phenols is 1. The van der Waals surface area contributed by atoms with Crippen molar-refractivity contribution in [2.24, 2.45) is 5.41 Å². The average molecular weight is 455 g/mol. The molecule has 176 valence electrons. The molecule has 3 N–H and O–H groups in total. The highest BCUT2D eigenvalue weighted by Gasteiger charge is 2.27. The molecule has 0 aliphatic rings. The van der Waals surface area contributed by atoms with Gasteiger partial charge < -0.3 is 25.0 Å². The van der Waals surface area contributed by atoms with Crippen LogP contribution in [0, 0.1) is 22.5 Å². The van der Waals surface area contributed by atoms with Gasteiger partial charge in [-0.1, -0.05) is 20.8 Å². The minimum Gasteiger partial charge on any atom is -0.508 e. The number of rotatable bonds is 8. The zero-order valence-electron chi connectivity index (χ0n) is 19.6. The van der Waals surface area contributed by atoms with E-state index in [1.807, 2.05) is 32.9 Å². The average Bonchev–Trinajstić information content (AvgIpc) is 3.06. The van der Waals surface area contributed by atoms with Gasteiger partial charge in [0.2, 0.25) is 5.91 Å². The van der Waals surface area contributed by atoms with Crippen LogP contribution in [0.5, 0.6) is 11.5 Å². The number of hydrogen-bond donors (Lipinski definition) is 3. The van der Waals surface area contributed by atoms with Gasteiger partial charge in [0.05, 0.1) is 28.6 Å². The number of carbonyl (C=O) groups excluding carboxylic acids is 1. The molecule has 0 saturated heterocycles. The van der Waals surface area contributed by atoms with E-state index in [2.05, 4.69) is 10.6 Å². The predicted octanol–water partition coefficient (Wildman–Crippen LogP) is 3.81. The molecule has 2 aromatic carbocycles. The van der Waals surface area contributed by atoms with E-state index in [0.29, 0.717) is 41.0 Å². The maximum absolute atomic E-state index is 12.0. The van der Waals surface area contributed by atoms with Crippen LogP contribution in [0.4, 0.5) is 5.69 Å². The molecule has 33 heavy (non-hydrogen) atoms. The molecular formula is C24H30N4O5. The molecule has 0 atom stereocenters. The number of hydrogen-bond acceptors (Lipinski definition) is 6. The number of carbonyl (C=O) groups is 1. The molecule has 0 radical (unpaired) electrons. The number of nitrogens with one attached hydrogen (secondary N) is 2. The molecule has 0 aliphatic heterocycles. The van der Waals surface area contributed by atoms with Crippen molar-refractivity contribution in [3.63, 3.8) is 0 Å². The van der Waals surface area contributed by atoms with Crippen molar-refractivity contribution >= 4 is 22.5 Å². The second kappa shape index (κ2) is 9.50. The molecule has 0 fully saturated rings. The molecule has 1 heterocycles. The summed E-state index contributed by atoms with van der Waals surface area (Å²) in [4.78, 5) is 23.5. The smallest absolute Gasteiger partial charge is 0.298 e. The van der Waals surface area contributed by atoms with Crippen LogP contribution >= 0.6 is 0 Å². The van der Waals surface area contributed by atoms with Crippen LogP contribution in [0.1, 0.15) is 32.0 Å². The lowest BCUT2D eigenvalue weighted by molar-refractivity contribution is -0.383. The third-order valence-electron chi connectivity index (χ3n) is 5.50. The summed E-state index contributed by atoms with van der Waals surface area (Å²) >= 11 is 0. The summed E-state index contributed by atoms with van der Waals surface area (Å²) in [6.07, 6.45) is 0. The normalized spacial score (nSPS) is 11.5. The Balaban J connectivity index is 1.97. The first-order chi connectivity index (χ1) is 15.6. The maximum Gasteiger partial charge on any atom is 0.298 e. The fourth-order valence-corrected chi connectivity index (χ4v) is 3.74. The molecule has 3 aromatic rings. The Labute approximate surface area is 192 Å². The number of ether oxygens (including phenoxy) is 1. The molecular weight excluding hydrogens is 424 g/mol. The van der Waals surface area contributed by atoms with E-state index in [-0.39, 0.29) is 23.9 Å². The lowest BCUT2D eigenvalue weighted by Crippen LogP contribution is -2.38. The summed E-state index contributed by atoms with van der Waals surface area (Å²) in [5.41, 5.74) is 1.82. The highest BCUT2D eigenvalue weighted by Crippen LogP contribution is 2.39. The van der Waals surface area contributed by atoms with Gasteiger partial charge in [-0.05, 0) is 43.3 Å². The first-order valence-corrected chi connectivity index (χ1v) is 10.7. The molecule has 1 amide bonds. The first kappa shape index (κ1) is 24.1. The molecule has 1 aromatic heterocycles. The number of fused-ring (bicyclic) bond motifs is 1. The fourth-order valence-electron chi connectivity index (χ4n) is 3.74. The number of amides is 1. The van der Waals surface area contributed by atoms with Gasteiger partial charge >= 0.3 is 0 Å². The number of methoxy groups -OCH3 is 1. The number of nitrogens with zero attached hydrogens (tertiary/aromatic N) is 2. The van der Waals surface area contributed by atoms with Crippen LogP contribution in [0.2, 0.25) is 0 Å². The van der Waals surface area contributed by atoms with E-state index in [1.165, 1.54) is 6.07 Å². The Morgan fingerprint density at radius 2 is 1.82 bits per heavy atom. The van der Waals surface area contributed by atoms with Crippen LogP contribution in [-0.2, 0) is 11.3 Å². The summed E-state index contributed by atoms with van der Waals surface area (Å²) in [5.74, 6) is 0.661. The van der Waals surface area contributed by atoms with Crippen LogP contribution in [0.3, 0.4) is 0 Å². The summed E-state index contributed by atoms with van der Waals surface area (Å²) in [7, 11) is 1.57. The van der Waals surface area contributed by atoms with Gasteiger partial charge in [-0.15, -0.1) is 0 Å². The van der Waals surface area contributed by atoms with E-state index in [9.17, 15) is 20.0 Å². The zero-order chi connectivity index (χ0) is 24.3. The molecule has 3 rings (SSSR count). The van der Waals surface area contributed by atoms with Gasteiger partial charge in [0.25, 0.3) is 5.69 Å². The van der Waals surface area contributed by atoms with Crippen molar-refractivity contribution in [2.75, 3.05) is 20.2 Å². The predicted molar refractivity (Wildman–Crippen MR) is 127 cm³/mol. The fraction of sp³-hybridized carbons (Fsp3) is 0.375. The van der Waals surface area contributed by atoms with Gasteiger partial charge in [0.15, 0.2) is 0 Å². The monoisotopic (exact) mass is 454 g/mol. The lowest BCUT2D eigenvalue weighted by Gasteiger charge is -2.18. The second-order valence-electron chi connectivity index (χ2n) is 8.87. The topological polar surface area (TPSA) is 119 Å². The van der Waals surface area contributed by atoms with Crippen molar-refractivity contribution < 1.29 is 19.6 Å². The van der Waals surface area contributed by atoms with E-state index in [4.69, 9.17) is 4.74 Å². The first-order valence-electron chi connectivity index (χ1n) is 10.7. The van der Waals surface area contributed by atoms with Crippen LogP contribution < -0.4 is 15.4 Å². The summed E-state index contributed by atoms with van der Waals surface area (Å²) in [5, 5.41) is 29.0. The second-order valence-corrected chi connectivity index (χ2v) is 8.87. The number of phenolic OH excluding ortho intramolecular Hbond substituents is 1. The van der Waals surface area contributed by atoms with Gasteiger partial charge in [-0.2, -0.15) is 0 Å². The Kier molecular flexibility index (Phi) is 6.92. The number of benzene rings is 2. The van der Waals surface area contributed by atoms with Crippen LogP contribution in [0.15, 0.2) is 36.4 Å². The van der Waals surface area contributed by atoms with Gasteiger partial charge in [0, 0.05) is 36.3 Å². The molecule has 0 aliphatic carbocycles. The van der Waals surface area contributed by atoms with Crippen molar-refractivity contribution in [3.05, 3.63) is 57.8 Å². The third-order valence-corrected chi connectivity index (χ3v) is 5.50. The maximum atomic E-state index is 12.0. The van der Waals surface area contributed by atoms with Gasteiger partial charge in [0.1, 0.15) is 11.5 Å². The SMILES string of the molecule is COc1ccc(-n2c(C)c([N+](=O)[O-])c3ccc(O)c(CNCCNC(=O)C(C)(C)C)c32)cc1. The highest BCUT2D eigenvalue weighted by atomic mass is 16.6. The molecule has 9 nitrogen and oxygen atoms in total. The highest BCUT2D eigenvalue weighted by molar-refractivity contribution is 5.96. The number of aromatic hydroxyl groups is 1. The standard InChI is InChI=1S/C24H30N4O5/c1-15-21(28(31)32)18-10-11-20(29)19(14-25-12-13-26-23(30)24(2,3)4)22(18)27(15)16-6-8-17(33-5)9-7-16/h6-11,25,29H,12-14H2,1-5H3,(H,26,30). The third kappa shape index (κ3) is 4.93. The Hall–Kier alpha value is -3.59. The van der Waals surface area contributed by atoms with Crippen molar-refractivity contribution in [1.29, 1.82) is 0 Å². The minimum absolute atomic E-state index is 0.000455. The Bertz CT molecular complexity index is 1180. The largest absolute Gasteiger partial charge is 0.508 e. The quantitative estimate of drug-likeness (QED) is 0.271. The molecule has 0 spiro atoms. The molecule has 0 unspecified atom stereocenters. The summed E-state index contributed by atoms with van der Waals surface area (Å²) in [6.45, 7) is 8.39. The van der Waals surface area contributed by atoms with E-state index in [1.54, 1.807) is 36.8 Å². The van der Waals surface area contributed by atoms with Gasteiger partial charge in [-0.25, -0.2) is 0 Å². The number of nitro groups is 1. The van der Waals surface area contributed by atoms with E-state index < -0.39 is 10.3 Å². The zero-order valence-corrected chi connectivity index (χ0v) is 19.6. The number of aromatic nitrogens is 1. The summed E-state index contributed by atoms with van der Waals surface area (Å²) < 4.78 is 7.01. The Morgan fingerprint density at radius 1 is 1.15 bits per heavy atom. The van der Waals surface area contributed by atoms with Crippen molar-refractivity contribution in [2.45, 2.75) is 34.2 Å². The molecule has 9 heteroatoms. The lowest BCUT2D eigenvalue weighted by atomic mass is 9.96. The Morgan fingerprint density at radius 3 is 2.39 bits per heavy atom. The van der Waals surface area contributed by atoms with Crippen LogP contribution in [-0.4, -0.2) is 40.7 Å². The van der Waals surface area contributed by atoms with Crippen LogP contribution in [0.25, 0.3) is 16.6 Å². The molecule has 0 saturated carbocycles. The van der Waals surface area contributed by atoms with Crippen molar-refractivity contribution in [1.82, 2.24) is 15.2 Å². The van der Waals surface area contributed by atoms with E-state index >= 15 is 0 Å². The van der Waals surface area contributed by atoms with Gasteiger partial charge in [-0.3, -0.25) is 14.9 Å². The summed E-state index contributed by atoms with van der Waals surface area (Å²) in [6, 6.07) is 10.3.